The molecule has 2 N–H and O–H groups in total. The average Bonchev–Trinajstić information content (AvgIpc) is 2.41. The molecule has 0 radical (unpaired) electrons. The van der Waals surface area contributed by atoms with Crippen molar-refractivity contribution in [3.63, 3.8) is 0 Å². The summed E-state index contributed by atoms with van der Waals surface area (Å²) >= 11 is 11.9. The van der Waals surface area contributed by atoms with E-state index in [0.29, 0.717) is 34.7 Å². The molecule has 0 fully saturated rings. The van der Waals surface area contributed by atoms with Crippen molar-refractivity contribution in [1.29, 1.82) is 0 Å². The highest BCUT2D eigenvalue weighted by Crippen LogP contribution is 2.31. The van der Waals surface area contributed by atoms with E-state index < -0.39 is 0 Å². The molecule has 0 aliphatic heterocycles. The van der Waals surface area contributed by atoms with Crippen molar-refractivity contribution in [1.82, 2.24) is 0 Å². The van der Waals surface area contributed by atoms with Gasteiger partial charge in [-0.3, -0.25) is 0 Å². The van der Waals surface area contributed by atoms with Gasteiger partial charge in [-0.15, -0.1) is 0 Å². The van der Waals surface area contributed by atoms with Crippen LogP contribution in [0.4, 0.5) is 5.69 Å². The Morgan fingerprint density at radius 3 is 2.32 bits per heavy atom. The van der Waals surface area contributed by atoms with Gasteiger partial charge < -0.3 is 15.2 Å². The Kier molecular flexibility index (Phi) is 4.77. The molecule has 2 rings (SSSR count). The third-order valence-corrected chi connectivity index (χ3v) is 3.21. The zero-order valence-electron chi connectivity index (χ0n) is 10.1. The van der Waals surface area contributed by atoms with Crippen molar-refractivity contribution in [2.24, 2.45) is 0 Å². The number of nitrogen functional groups attached to an aromatic ring is 1. The van der Waals surface area contributed by atoms with Crippen LogP contribution in [0.15, 0.2) is 42.5 Å². The second-order valence-electron chi connectivity index (χ2n) is 3.82. The minimum atomic E-state index is 0.379. The molecule has 0 aliphatic rings. The minimum absolute atomic E-state index is 0.379. The van der Waals surface area contributed by atoms with Gasteiger partial charge in [-0.2, -0.15) is 0 Å². The monoisotopic (exact) mass is 297 g/mol. The second kappa shape index (κ2) is 6.55. The van der Waals surface area contributed by atoms with Gasteiger partial charge in [0.25, 0.3) is 0 Å². The van der Waals surface area contributed by atoms with Crippen LogP contribution < -0.4 is 15.2 Å². The molecule has 2 aromatic rings. The Bertz CT molecular complexity index is 544. The van der Waals surface area contributed by atoms with E-state index in [-0.39, 0.29) is 0 Å². The fourth-order valence-electron chi connectivity index (χ4n) is 1.47. The van der Waals surface area contributed by atoms with Gasteiger partial charge in [-0.1, -0.05) is 29.3 Å². The minimum Gasteiger partial charge on any atom is -0.490 e. The van der Waals surface area contributed by atoms with E-state index in [1.54, 1.807) is 30.3 Å². The molecule has 3 nitrogen and oxygen atoms in total. The van der Waals surface area contributed by atoms with Crippen LogP contribution in [0, 0.1) is 0 Å². The molecule has 0 amide bonds. The first-order valence-electron chi connectivity index (χ1n) is 5.72. The lowest BCUT2D eigenvalue weighted by Crippen LogP contribution is -2.09. The van der Waals surface area contributed by atoms with Gasteiger partial charge >= 0.3 is 0 Å². The third kappa shape index (κ3) is 3.94. The van der Waals surface area contributed by atoms with E-state index >= 15 is 0 Å². The normalized spacial score (nSPS) is 10.2. The van der Waals surface area contributed by atoms with E-state index in [4.69, 9.17) is 38.4 Å². The van der Waals surface area contributed by atoms with Gasteiger partial charge in [-0.25, -0.2) is 0 Å². The fourth-order valence-corrected chi connectivity index (χ4v) is 1.82. The van der Waals surface area contributed by atoms with Crippen LogP contribution in [0.25, 0.3) is 0 Å². The highest BCUT2D eigenvalue weighted by molar-refractivity contribution is 6.42. The Balaban J connectivity index is 1.81. The van der Waals surface area contributed by atoms with Crippen LogP contribution >= 0.6 is 23.2 Å². The van der Waals surface area contributed by atoms with Gasteiger partial charge in [0, 0.05) is 5.69 Å². The van der Waals surface area contributed by atoms with Gasteiger partial charge in [0.2, 0.25) is 0 Å². The second-order valence-corrected chi connectivity index (χ2v) is 4.60. The number of halogens is 2. The van der Waals surface area contributed by atoms with Crippen molar-refractivity contribution < 1.29 is 9.47 Å². The zero-order chi connectivity index (χ0) is 13.7. The molecule has 19 heavy (non-hydrogen) atoms. The van der Waals surface area contributed by atoms with E-state index in [2.05, 4.69) is 0 Å². The largest absolute Gasteiger partial charge is 0.490 e. The number of hydrogen-bond acceptors (Lipinski definition) is 3. The first-order chi connectivity index (χ1) is 9.16. The van der Waals surface area contributed by atoms with Crippen LogP contribution in [0.3, 0.4) is 0 Å². The number of anilines is 1. The lowest BCUT2D eigenvalue weighted by atomic mass is 10.3. The Hall–Kier alpha value is -1.58. The van der Waals surface area contributed by atoms with E-state index in [1.807, 2.05) is 12.1 Å². The number of rotatable bonds is 5. The lowest BCUT2D eigenvalue weighted by Gasteiger charge is -2.10. The summed E-state index contributed by atoms with van der Waals surface area (Å²) in [4.78, 5) is 0. The van der Waals surface area contributed by atoms with Crippen molar-refractivity contribution in [3.05, 3.63) is 52.5 Å². The van der Waals surface area contributed by atoms with Crippen LogP contribution in [-0.4, -0.2) is 13.2 Å². The topological polar surface area (TPSA) is 44.5 Å². The number of benzene rings is 2. The molecule has 0 heterocycles. The van der Waals surface area contributed by atoms with Crippen molar-refractivity contribution in [3.8, 4) is 11.5 Å². The summed E-state index contributed by atoms with van der Waals surface area (Å²) in [6, 6.07) is 12.4. The molecule has 0 unspecified atom stereocenters. The lowest BCUT2D eigenvalue weighted by molar-refractivity contribution is 0.217. The summed E-state index contributed by atoms with van der Waals surface area (Å²) in [5.41, 5.74) is 6.28. The Labute approximate surface area is 121 Å². The molecule has 0 aliphatic carbocycles. The molecular formula is C14H13Cl2NO2. The maximum Gasteiger partial charge on any atom is 0.139 e. The van der Waals surface area contributed by atoms with Crippen LogP contribution in [0.2, 0.25) is 10.0 Å². The van der Waals surface area contributed by atoms with Gasteiger partial charge in [0.05, 0.1) is 5.02 Å². The van der Waals surface area contributed by atoms with Crippen molar-refractivity contribution in [2.75, 3.05) is 18.9 Å². The summed E-state index contributed by atoms with van der Waals surface area (Å²) in [6.07, 6.45) is 0. The highest BCUT2D eigenvalue weighted by atomic mass is 35.5. The SMILES string of the molecule is Nc1ccc(OCCOc2cccc(Cl)c2Cl)cc1. The molecule has 5 heteroatoms. The van der Waals surface area contributed by atoms with Crippen molar-refractivity contribution in [2.45, 2.75) is 0 Å². The highest BCUT2D eigenvalue weighted by Gasteiger charge is 2.04. The van der Waals surface area contributed by atoms with Crippen molar-refractivity contribution >= 4 is 28.9 Å². The first-order valence-corrected chi connectivity index (χ1v) is 6.47. The summed E-state index contributed by atoms with van der Waals surface area (Å²) in [6.45, 7) is 0.789. The Morgan fingerprint density at radius 2 is 1.58 bits per heavy atom. The number of hydrogen-bond donors (Lipinski definition) is 1. The molecule has 0 saturated heterocycles. The molecular weight excluding hydrogens is 285 g/mol. The van der Waals surface area contributed by atoms with Gasteiger partial charge in [0.15, 0.2) is 0 Å². The van der Waals surface area contributed by atoms with Crippen LogP contribution in [0.5, 0.6) is 11.5 Å². The summed E-state index contributed by atoms with van der Waals surface area (Å²) in [5, 5.41) is 0.885. The molecule has 0 aromatic heterocycles. The standard InChI is InChI=1S/C14H13Cl2NO2/c15-12-2-1-3-13(14(12)16)19-9-8-18-11-6-4-10(17)5-7-11/h1-7H,8-9,17H2. The molecule has 0 saturated carbocycles. The average molecular weight is 298 g/mol. The fraction of sp³-hybridized carbons (Fsp3) is 0.143. The van der Waals surface area contributed by atoms with Crippen LogP contribution in [-0.2, 0) is 0 Å². The van der Waals surface area contributed by atoms with Gasteiger partial charge in [0.1, 0.15) is 29.7 Å². The quantitative estimate of drug-likeness (QED) is 0.669. The number of nitrogens with two attached hydrogens (primary N) is 1. The van der Waals surface area contributed by atoms with E-state index in [9.17, 15) is 0 Å². The third-order valence-electron chi connectivity index (χ3n) is 2.41. The zero-order valence-corrected chi connectivity index (χ0v) is 11.6. The predicted molar refractivity (Wildman–Crippen MR) is 78.3 cm³/mol. The molecule has 0 atom stereocenters. The number of ether oxygens (including phenoxy) is 2. The van der Waals surface area contributed by atoms with E-state index in [0.717, 1.165) is 5.75 Å². The molecule has 0 bridgehead atoms. The first kappa shape index (κ1) is 13.8. The van der Waals surface area contributed by atoms with Crippen LogP contribution in [0.1, 0.15) is 0 Å². The predicted octanol–water partition coefficient (Wildman–Crippen LogP) is 4.03. The summed E-state index contributed by atoms with van der Waals surface area (Å²) < 4.78 is 11.0. The maximum absolute atomic E-state index is 5.99. The summed E-state index contributed by atoms with van der Waals surface area (Å²) in [5.74, 6) is 1.30. The molecule has 0 spiro atoms. The summed E-state index contributed by atoms with van der Waals surface area (Å²) in [7, 11) is 0. The molecule has 100 valence electrons. The smallest absolute Gasteiger partial charge is 0.139 e. The molecule has 2 aromatic carbocycles. The van der Waals surface area contributed by atoms with E-state index in [1.165, 1.54) is 0 Å². The maximum atomic E-state index is 5.99. The Morgan fingerprint density at radius 1 is 0.895 bits per heavy atom. The van der Waals surface area contributed by atoms with Gasteiger partial charge in [-0.05, 0) is 36.4 Å².